The SMILES string of the molecule is OC1O[C@H](CCl)[C@H](Cl)[C@H](O)[C@H]1O. The topological polar surface area (TPSA) is 69.9 Å². The second-order valence-electron chi connectivity index (χ2n) is 2.65. The summed E-state index contributed by atoms with van der Waals surface area (Å²) < 4.78 is 4.81. The Kier molecular flexibility index (Phi) is 3.58. The molecule has 1 aliphatic heterocycles. The van der Waals surface area contributed by atoms with Crippen molar-refractivity contribution in [2.75, 3.05) is 5.88 Å². The average molecular weight is 217 g/mol. The lowest BCUT2D eigenvalue weighted by Crippen LogP contribution is -2.55. The summed E-state index contributed by atoms with van der Waals surface area (Å²) >= 11 is 11.1. The second kappa shape index (κ2) is 4.09. The quantitative estimate of drug-likeness (QED) is 0.506. The molecule has 1 saturated heterocycles. The molecule has 1 rings (SSSR count). The highest BCUT2D eigenvalue weighted by atomic mass is 35.5. The standard InChI is InChI=1S/C6H10Cl2O4/c7-1-2-3(8)4(9)5(10)6(11)12-2/h2-6,9-11H,1H2/t2-,3+,4+,5-,6?/m1/s1. The lowest BCUT2D eigenvalue weighted by atomic mass is 10.0. The van der Waals surface area contributed by atoms with Crippen LogP contribution in [0.1, 0.15) is 0 Å². The van der Waals surface area contributed by atoms with Crippen LogP contribution in [0, 0.1) is 0 Å². The van der Waals surface area contributed by atoms with E-state index in [9.17, 15) is 5.11 Å². The lowest BCUT2D eigenvalue weighted by molar-refractivity contribution is -0.239. The Morgan fingerprint density at radius 3 is 2.25 bits per heavy atom. The van der Waals surface area contributed by atoms with Gasteiger partial charge >= 0.3 is 0 Å². The van der Waals surface area contributed by atoms with Gasteiger partial charge in [0.15, 0.2) is 6.29 Å². The summed E-state index contributed by atoms with van der Waals surface area (Å²) in [6.45, 7) is 0. The van der Waals surface area contributed by atoms with Gasteiger partial charge in [-0.25, -0.2) is 0 Å². The van der Waals surface area contributed by atoms with Crippen molar-refractivity contribution in [2.24, 2.45) is 0 Å². The van der Waals surface area contributed by atoms with Crippen molar-refractivity contribution in [1.29, 1.82) is 0 Å². The fraction of sp³-hybridized carbons (Fsp3) is 1.00. The van der Waals surface area contributed by atoms with Gasteiger partial charge in [0.2, 0.25) is 0 Å². The van der Waals surface area contributed by atoms with Crippen molar-refractivity contribution < 1.29 is 20.1 Å². The van der Waals surface area contributed by atoms with Gasteiger partial charge in [-0.15, -0.1) is 23.2 Å². The van der Waals surface area contributed by atoms with Crippen LogP contribution in [0.25, 0.3) is 0 Å². The largest absolute Gasteiger partial charge is 0.389 e. The zero-order chi connectivity index (χ0) is 9.30. The lowest BCUT2D eigenvalue weighted by Gasteiger charge is -2.37. The fourth-order valence-electron chi connectivity index (χ4n) is 1.03. The Morgan fingerprint density at radius 2 is 1.75 bits per heavy atom. The van der Waals surface area contributed by atoms with E-state index < -0.39 is 30.0 Å². The van der Waals surface area contributed by atoms with Crippen molar-refractivity contribution in [3.05, 3.63) is 0 Å². The van der Waals surface area contributed by atoms with Crippen molar-refractivity contribution in [1.82, 2.24) is 0 Å². The first-order chi connectivity index (χ1) is 5.57. The summed E-state index contributed by atoms with van der Waals surface area (Å²) in [4.78, 5) is 0. The molecule has 5 atom stereocenters. The summed E-state index contributed by atoms with van der Waals surface area (Å²) in [7, 11) is 0. The van der Waals surface area contributed by atoms with E-state index in [0.717, 1.165) is 0 Å². The summed E-state index contributed by atoms with van der Waals surface area (Å²) in [5, 5.41) is 26.5. The number of hydrogen-bond donors (Lipinski definition) is 3. The van der Waals surface area contributed by atoms with Gasteiger partial charge in [0.1, 0.15) is 12.2 Å². The van der Waals surface area contributed by atoms with Crippen LogP contribution in [-0.4, -0.2) is 51.2 Å². The van der Waals surface area contributed by atoms with Crippen LogP contribution in [0.2, 0.25) is 0 Å². The van der Waals surface area contributed by atoms with Crippen molar-refractivity contribution in [3.63, 3.8) is 0 Å². The number of halogens is 2. The molecular formula is C6H10Cl2O4. The van der Waals surface area contributed by atoms with Gasteiger partial charge in [0, 0.05) is 0 Å². The normalized spacial score (nSPS) is 49.2. The minimum Gasteiger partial charge on any atom is -0.389 e. The fourth-order valence-corrected chi connectivity index (χ4v) is 1.69. The van der Waals surface area contributed by atoms with Crippen LogP contribution in [0.4, 0.5) is 0 Å². The van der Waals surface area contributed by atoms with Crippen LogP contribution < -0.4 is 0 Å². The first kappa shape index (κ1) is 10.5. The number of rotatable bonds is 1. The predicted molar refractivity (Wildman–Crippen MR) is 43.3 cm³/mol. The Labute approximate surface area is 79.7 Å². The molecule has 1 heterocycles. The van der Waals surface area contributed by atoms with Crippen LogP contribution in [0.15, 0.2) is 0 Å². The molecule has 4 nitrogen and oxygen atoms in total. The molecule has 0 aromatic heterocycles. The van der Waals surface area contributed by atoms with Crippen molar-refractivity contribution >= 4 is 23.2 Å². The number of aliphatic hydroxyl groups is 3. The molecule has 0 amide bonds. The average Bonchev–Trinajstić information content (AvgIpc) is 2.08. The van der Waals surface area contributed by atoms with Gasteiger partial charge in [-0.1, -0.05) is 0 Å². The van der Waals surface area contributed by atoms with Gasteiger partial charge in [-0.3, -0.25) is 0 Å². The predicted octanol–water partition coefficient (Wildman–Crippen LogP) is -0.728. The highest BCUT2D eigenvalue weighted by Crippen LogP contribution is 2.24. The number of aliphatic hydroxyl groups excluding tert-OH is 3. The molecule has 1 fully saturated rings. The molecule has 72 valence electrons. The first-order valence-electron chi connectivity index (χ1n) is 3.47. The van der Waals surface area contributed by atoms with E-state index in [1.165, 1.54) is 0 Å². The molecule has 0 aliphatic carbocycles. The molecule has 12 heavy (non-hydrogen) atoms. The van der Waals surface area contributed by atoms with Crippen LogP contribution in [-0.2, 0) is 4.74 Å². The minimum atomic E-state index is -1.42. The molecule has 1 unspecified atom stereocenters. The van der Waals surface area contributed by atoms with E-state index in [1.807, 2.05) is 0 Å². The molecule has 0 saturated carbocycles. The van der Waals surface area contributed by atoms with Crippen LogP contribution in [0.3, 0.4) is 0 Å². The third kappa shape index (κ3) is 1.84. The summed E-state index contributed by atoms with van der Waals surface area (Å²) in [5.74, 6) is 0.0645. The monoisotopic (exact) mass is 216 g/mol. The molecule has 0 bridgehead atoms. The Bertz CT molecular complexity index is 152. The number of alkyl halides is 2. The molecule has 0 aromatic carbocycles. The molecule has 6 heteroatoms. The van der Waals surface area contributed by atoms with Crippen molar-refractivity contribution in [3.8, 4) is 0 Å². The van der Waals surface area contributed by atoms with Gasteiger partial charge in [0.25, 0.3) is 0 Å². The maximum absolute atomic E-state index is 9.24. The minimum absolute atomic E-state index is 0.0645. The third-order valence-electron chi connectivity index (χ3n) is 1.79. The van der Waals surface area contributed by atoms with E-state index in [4.69, 9.17) is 38.2 Å². The first-order valence-corrected chi connectivity index (χ1v) is 4.44. The summed E-state index contributed by atoms with van der Waals surface area (Å²) in [6.07, 6.45) is -4.63. The van der Waals surface area contributed by atoms with Gasteiger partial charge in [-0.2, -0.15) is 0 Å². The molecule has 0 radical (unpaired) electrons. The molecule has 1 aliphatic rings. The highest BCUT2D eigenvalue weighted by molar-refractivity contribution is 6.23. The van der Waals surface area contributed by atoms with E-state index in [0.29, 0.717) is 0 Å². The van der Waals surface area contributed by atoms with Gasteiger partial charge < -0.3 is 20.1 Å². The third-order valence-corrected chi connectivity index (χ3v) is 2.63. The number of hydrogen-bond acceptors (Lipinski definition) is 4. The van der Waals surface area contributed by atoms with Crippen molar-refractivity contribution in [2.45, 2.75) is 30.0 Å². The second-order valence-corrected chi connectivity index (χ2v) is 3.46. The molecular weight excluding hydrogens is 207 g/mol. The molecule has 3 N–H and O–H groups in total. The zero-order valence-electron chi connectivity index (χ0n) is 6.10. The Balaban J connectivity index is 2.63. The van der Waals surface area contributed by atoms with Crippen LogP contribution in [0.5, 0.6) is 0 Å². The summed E-state index contributed by atoms with van der Waals surface area (Å²) in [6, 6.07) is 0. The summed E-state index contributed by atoms with van der Waals surface area (Å²) in [5.41, 5.74) is 0. The molecule has 0 spiro atoms. The van der Waals surface area contributed by atoms with E-state index in [2.05, 4.69) is 0 Å². The van der Waals surface area contributed by atoms with E-state index in [-0.39, 0.29) is 5.88 Å². The maximum Gasteiger partial charge on any atom is 0.183 e. The van der Waals surface area contributed by atoms with Gasteiger partial charge in [0.05, 0.1) is 17.4 Å². The molecule has 0 aromatic rings. The Hall–Kier alpha value is 0.420. The van der Waals surface area contributed by atoms with E-state index in [1.54, 1.807) is 0 Å². The van der Waals surface area contributed by atoms with Gasteiger partial charge in [-0.05, 0) is 0 Å². The highest BCUT2D eigenvalue weighted by Gasteiger charge is 2.42. The smallest absolute Gasteiger partial charge is 0.183 e. The Morgan fingerprint density at radius 1 is 1.17 bits per heavy atom. The zero-order valence-corrected chi connectivity index (χ0v) is 7.61. The van der Waals surface area contributed by atoms with E-state index >= 15 is 0 Å². The number of ether oxygens (including phenoxy) is 1. The van der Waals surface area contributed by atoms with Crippen LogP contribution >= 0.6 is 23.2 Å². The maximum atomic E-state index is 9.24.